The summed E-state index contributed by atoms with van der Waals surface area (Å²) in [5.41, 5.74) is 5.58. The Hall–Kier alpha value is -4.07. The van der Waals surface area contributed by atoms with Crippen LogP contribution >= 0.6 is 0 Å². The molecule has 31 heavy (non-hydrogen) atoms. The Morgan fingerprint density at radius 3 is 2.48 bits per heavy atom. The van der Waals surface area contributed by atoms with E-state index in [0.29, 0.717) is 28.3 Å². The quantitative estimate of drug-likeness (QED) is 0.500. The Balaban J connectivity index is 1.64. The Kier molecular flexibility index (Phi) is 5.21. The molecule has 2 aromatic carbocycles. The topological polar surface area (TPSA) is 88.1 Å². The van der Waals surface area contributed by atoms with Gasteiger partial charge >= 0.3 is 0 Å². The van der Waals surface area contributed by atoms with E-state index in [1.165, 1.54) is 0 Å². The molecular weight excluding hydrogens is 392 g/mol. The average Bonchev–Trinajstić information content (AvgIpc) is 3.38. The molecule has 0 atom stereocenters. The number of hydrogen-bond acceptors (Lipinski definition) is 5. The first kappa shape index (κ1) is 20.2. The number of nitrogens with one attached hydrogen (secondary N) is 2. The van der Waals surface area contributed by atoms with Gasteiger partial charge in [0.1, 0.15) is 16.8 Å². The Bertz CT molecular complexity index is 1270. The fourth-order valence-corrected chi connectivity index (χ4v) is 3.34. The molecule has 0 aliphatic carbocycles. The van der Waals surface area contributed by atoms with Crippen LogP contribution < -0.4 is 10.1 Å². The van der Waals surface area contributed by atoms with Crippen molar-refractivity contribution in [3.63, 3.8) is 0 Å². The average molecular weight is 416 g/mol. The van der Waals surface area contributed by atoms with E-state index in [9.17, 15) is 4.79 Å². The summed E-state index contributed by atoms with van der Waals surface area (Å²) in [6.45, 7) is 4.03. The van der Waals surface area contributed by atoms with Gasteiger partial charge in [0.25, 0.3) is 5.91 Å². The Morgan fingerprint density at radius 2 is 1.87 bits per heavy atom. The van der Waals surface area contributed by atoms with Gasteiger partial charge in [-0.3, -0.25) is 14.8 Å². The summed E-state index contributed by atoms with van der Waals surface area (Å²) in [7, 11) is 7.32. The number of aromatic nitrogens is 4. The van der Waals surface area contributed by atoms with E-state index in [-0.39, 0.29) is 5.91 Å². The first-order chi connectivity index (χ1) is 14.9. The van der Waals surface area contributed by atoms with E-state index in [1.54, 1.807) is 30.1 Å². The molecule has 0 unspecified atom stereocenters. The fraction of sp³-hybridized carbons (Fsp3) is 0.174. The molecule has 2 heterocycles. The van der Waals surface area contributed by atoms with Gasteiger partial charge in [0.15, 0.2) is 0 Å². The highest BCUT2D eigenvalue weighted by molar-refractivity contribution is 6.05. The van der Waals surface area contributed by atoms with Crippen LogP contribution in [-0.4, -0.2) is 51.8 Å². The number of carbonyl (C=O) groups excluding carboxylic acids is 1. The maximum atomic E-state index is 12.8. The molecule has 8 nitrogen and oxygen atoms in total. The summed E-state index contributed by atoms with van der Waals surface area (Å²) in [6.07, 6.45) is 3.69. The highest BCUT2D eigenvalue weighted by atomic mass is 16.5. The van der Waals surface area contributed by atoms with Crippen LogP contribution in [0.25, 0.3) is 27.9 Å². The number of H-pyrrole nitrogens is 1. The number of rotatable bonds is 6. The summed E-state index contributed by atoms with van der Waals surface area (Å²) in [5.74, 6) is 0.724. The number of nitrogens with zero attached hydrogens (tertiary/aromatic N) is 4. The van der Waals surface area contributed by atoms with E-state index in [2.05, 4.69) is 27.0 Å². The number of methoxy groups -OCH3 is 1. The molecule has 2 N–H and O–H groups in total. The van der Waals surface area contributed by atoms with Gasteiger partial charge in [-0.1, -0.05) is 18.7 Å². The van der Waals surface area contributed by atoms with Gasteiger partial charge in [0, 0.05) is 49.7 Å². The van der Waals surface area contributed by atoms with Crippen molar-refractivity contribution >= 4 is 28.6 Å². The van der Waals surface area contributed by atoms with E-state index in [4.69, 9.17) is 4.74 Å². The number of hydrogen-bond donors (Lipinski definition) is 2. The molecule has 0 radical (unpaired) electrons. The van der Waals surface area contributed by atoms with Gasteiger partial charge in [-0.15, -0.1) is 0 Å². The maximum absolute atomic E-state index is 12.8. The highest BCUT2D eigenvalue weighted by Gasteiger charge is 2.16. The number of anilines is 1. The minimum Gasteiger partial charge on any atom is -0.494 e. The molecule has 4 aromatic rings. The lowest BCUT2D eigenvalue weighted by Gasteiger charge is -2.15. The molecule has 1 amide bonds. The zero-order chi connectivity index (χ0) is 22.1. The summed E-state index contributed by atoms with van der Waals surface area (Å²) >= 11 is 0. The van der Waals surface area contributed by atoms with E-state index < -0.39 is 0 Å². The van der Waals surface area contributed by atoms with Gasteiger partial charge in [-0.25, -0.2) is 4.98 Å². The third-order valence-corrected chi connectivity index (χ3v) is 5.09. The second-order valence-corrected chi connectivity index (χ2v) is 7.40. The lowest BCUT2D eigenvalue weighted by atomic mass is 10.1. The van der Waals surface area contributed by atoms with Crippen molar-refractivity contribution in [2.45, 2.75) is 0 Å². The van der Waals surface area contributed by atoms with Crippen molar-refractivity contribution in [1.82, 2.24) is 24.6 Å². The van der Waals surface area contributed by atoms with Crippen LogP contribution in [0.2, 0.25) is 0 Å². The van der Waals surface area contributed by atoms with Crippen LogP contribution in [0, 0.1) is 0 Å². The molecule has 2 aromatic heterocycles. The molecule has 0 bridgehead atoms. The van der Waals surface area contributed by atoms with Gasteiger partial charge < -0.3 is 14.6 Å². The molecule has 0 spiro atoms. The monoisotopic (exact) mass is 416 g/mol. The maximum Gasteiger partial charge on any atom is 0.257 e. The number of aromatic amines is 1. The smallest absolute Gasteiger partial charge is 0.257 e. The van der Waals surface area contributed by atoms with Crippen molar-refractivity contribution in [2.24, 2.45) is 7.05 Å². The number of amides is 1. The molecule has 0 saturated carbocycles. The first-order valence-corrected chi connectivity index (χ1v) is 9.71. The van der Waals surface area contributed by atoms with Crippen molar-refractivity contribution in [1.29, 1.82) is 0 Å². The minimum atomic E-state index is -0.261. The van der Waals surface area contributed by atoms with Crippen molar-refractivity contribution in [3.8, 4) is 16.9 Å². The summed E-state index contributed by atoms with van der Waals surface area (Å²) in [4.78, 5) is 22.5. The number of fused-ring (bicyclic) bond motifs is 1. The zero-order valence-corrected chi connectivity index (χ0v) is 17.9. The molecule has 0 aliphatic rings. The number of carbonyl (C=O) groups is 1. The van der Waals surface area contributed by atoms with Gasteiger partial charge in [0.2, 0.25) is 5.95 Å². The van der Waals surface area contributed by atoms with Gasteiger partial charge in [-0.2, -0.15) is 5.10 Å². The second kappa shape index (κ2) is 7.98. The van der Waals surface area contributed by atoms with Gasteiger partial charge in [-0.05, 0) is 29.8 Å². The summed E-state index contributed by atoms with van der Waals surface area (Å²) < 4.78 is 7.20. The predicted octanol–water partition coefficient (Wildman–Crippen LogP) is 3.76. The Labute approximate surface area is 180 Å². The van der Waals surface area contributed by atoms with Crippen molar-refractivity contribution < 1.29 is 9.53 Å². The zero-order valence-electron chi connectivity index (χ0n) is 17.9. The Morgan fingerprint density at radius 1 is 1.16 bits per heavy atom. The van der Waals surface area contributed by atoms with Crippen LogP contribution in [0.4, 0.5) is 5.95 Å². The lowest BCUT2D eigenvalue weighted by molar-refractivity contribution is 0.102. The molecule has 0 aliphatic heterocycles. The number of aryl methyl sites for hydroxylation is 1. The molecular formula is C23H24N6O2. The SMILES string of the molecule is C=C(c1ccc(C(=O)Nc2nc3c(-c4cnn(C)c4)ccc(OC)c3[nH]2)cc1)N(C)C. The summed E-state index contributed by atoms with van der Waals surface area (Å²) in [6, 6.07) is 11.1. The standard InChI is InChI=1S/C23H24N6O2/c1-14(28(2)3)15-6-8-16(9-7-15)22(30)27-23-25-20-18(17-12-24-29(4)13-17)10-11-19(31-5)21(20)26-23/h6-13H,1H2,2-5H3,(H2,25,26,27,30). The normalized spacial score (nSPS) is 10.8. The first-order valence-electron chi connectivity index (χ1n) is 9.71. The molecule has 0 saturated heterocycles. The highest BCUT2D eigenvalue weighted by Crippen LogP contribution is 2.33. The fourth-order valence-electron chi connectivity index (χ4n) is 3.34. The van der Waals surface area contributed by atoms with Gasteiger partial charge in [0.05, 0.1) is 13.3 Å². The van der Waals surface area contributed by atoms with Crippen molar-refractivity contribution in [2.75, 3.05) is 26.5 Å². The van der Waals surface area contributed by atoms with E-state index >= 15 is 0 Å². The minimum absolute atomic E-state index is 0.261. The largest absolute Gasteiger partial charge is 0.494 e. The van der Waals surface area contributed by atoms with E-state index in [0.717, 1.165) is 22.4 Å². The summed E-state index contributed by atoms with van der Waals surface area (Å²) in [5, 5.41) is 7.08. The van der Waals surface area contributed by atoms with Crippen LogP contribution in [-0.2, 0) is 7.05 Å². The van der Waals surface area contributed by atoms with Crippen LogP contribution in [0.15, 0.2) is 55.4 Å². The molecule has 8 heteroatoms. The third kappa shape index (κ3) is 3.87. The van der Waals surface area contributed by atoms with Crippen molar-refractivity contribution in [3.05, 3.63) is 66.5 Å². The van der Waals surface area contributed by atoms with Crippen LogP contribution in [0.5, 0.6) is 5.75 Å². The molecule has 0 fully saturated rings. The lowest BCUT2D eigenvalue weighted by Crippen LogP contribution is -2.13. The van der Waals surface area contributed by atoms with Crippen LogP contribution in [0.1, 0.15) is 15.9 Å². The predicted molar refractivity (Wildman–Crippen MR) is 122 cm³/mol. The molecule has 4 rings (SSSR count). The number of ether oxygens (including phenoxy) is 1. The third-order valence-electron chi connectivity index (χ3n) is 5.09. The number of benzene rings is 2. The van der Waals surface area contributed by atoms with Crippen LogP contribution in [0.3, 0.4) is 0 Å². The number of imidazole rings is 1. The van der Waals surface area contributed by atoms with E-state index in [1.807, 2.05) is 56.5 Å². The second-order valence-electron chi connectivity index (χ2n) is 7.40. The molecule has 158 valence electrons.